The van der Waals surface area contributed by atoms with Crippen LogP contribution in [-0.4, -0.2) is 68.3 Å². The van der Waals surface area contributed by atoms with Crippen LogP contribution < -0.4 is 0 Å². The molecule has 180 valence electrons. The average molecular weight is 455 g/mol. The van der Waals surface area contributed by atoms with Gasteiger partial charge in [-0.25, -0.2) is 15.0 Å². The lowest BCUT2D eigenvalue weighted by molar-refractivity contribution is -0.0186. The van der Waals surface area contributed by atoms with E-state index in [1.54, 1.807) is 12.4 Å². The SMILES string of the molecule is CCN(C(=O)c1cncc(-c2cn(CC3CCOCC3)c(C(C)(C)C)n2)n1)N1CCCCC1. The summed E-state index contributed by atoms with van der Waals surface area (Å²) in [7, 11) is 0. The van der Waals surface area contributed by atoms with Crippen LogP contribution in [-0.2, 0) is 16.7 Å². The zero-order valence-corrected chi connectivity index (χ0v) is 20.6. The number of rotatable bonds is 6. The smallest absolute Gasteiger partial charge is 0.288 e. The Bertz CT molecular complexity index is 939. The number of piperidine rings is 1. The van der Waals surface area contributed by atoms with E-state index in [4.69, 9.17) is 14.7 Å². The molecule has 0 bridgehead atoms. The van der Waals surface area contributed by atoms with Crippen LogP contribution in [0.1, 0.15) is 76.1 Å². The van der Waals surface area contributed by atoms with Gasteiger partial charge in [-0.15, -0.1) is 0 Å². The van der Waals surface area contributed by atoms with Gasteiger partial charge in [-0.1, -0.05) is 27.2 Å². The van der Waals surface area contributed by atoms with Crippen molar-refractivity contribution in [3.8, 4) is 11.4 Å². The molecule has 0 aromatic carbocycles. The molecular formula is C25H38N6O2. The van der Waals surface area contributed by atoms with Gasteiger partial charge < -0.3 is 9.30 Å². The molecule has 2 aliphatic heterocycles. The van der Waals surface area contributed by atoms with E-state index in [0.29, 0.717) is 23.9 Å². The Morgan fingerprint density at radius 1 is 1.09 bits per heavy atom. The van der Waals surface area contributed by atoms with Crippen molar-refractivity contribution in [2.24, 2.45) is 5.92 Å². The fraction of sp³-hybridized carbons (Fsp3) is 0.680. The van der Waals surface area contributed by atoms with Gasteiger partial charge in [-0.2, -0.15) is 0 Å². The second kappa shape index (κ2) is 10.3. The normalized spacial score (nSPS) is 18.4. The lowest BCUT2D eigenvalue weighted by Gasteiger charge is -2.36. The number of aromatic nitrogens is 4. The number of imidazole rings is 1. The fourth-order valence-corrected chi connectivity index (χ4v) is 4.80. The fourth-order valence-electron chi connectivity index (χ4n) is 4.80. The van der Waals surface area contributed by atoms with Crippen LogP contribution in [0.15, 0.2) is 18.6 Å². The third kappa shape index (κ3) is 5.61. The van der Waals surface area contributed by atoms with Gasteiger partial charge in [0.25, 0.3) is 5.91 Å². The minimum absolute atomic E-state index is 0.0913. The minimum atomic E-state index is -0.0997. The summed E-state index contributed by atoms with van der Waals surface area (Å²) >= 11 is 0. The number of carbonyl (C=O) groups excluding carboxylic acids is 1. The van der Waals surface area contributed by atoms with E-state index in [-0.39, 0.29) is 11.3 Å². The molecular weight excluding hydrogens is 416 g/mol. The molecule has 1 amide bonds. The molecule has 2 aromatic heterocycles. The number of ether oxygens (including phenoxy) is 1. The van der Waals surface area contributed by atoms with Gasteiger partial charge in [0.2, 0.25) is 0 Å². The van der Waals surface area contributed by atoms with Crippen LogP contribution in [0.4, 0.5) is 0 Å². The maximum absolute atomic E-state index is 13.3. The van der Waals surface area contributed by atoms with Gasteiger partial charge in [-0.3, -0.25) is 14.8 Å². The number of hydrogen-bond donors (Lipinski definition) is 0. The molecule has 0 radical (unpaired) electrons. The maximum Gasteiger partial charge on any atom is 0.288 e. The first-order valence-corrected chi connectivity index (χ1v) is 12.4. The predicted molar refractivity (Wildman–Crippen MR) is 128 cm³/mol. The zero-order chi connectivity index (χ0) is 23.4. The summed E-state index contributed by atoms with van der Waals surface area (Å²) in [6.45, 7) is 13.6. The molecule has 0 saturated carbocycles. The van der Waals surface area contributed by atoms with Gasteiger partial charge in [0.15, 0.2) is 0 Å². The van der Waals surface area contributed by atoms with Crippen molar-refractivity contribution in [2.75, 3.05) is 32.8 Å². The van der Waals surface area contributed by atoms with E-state index in [0.717, 1.165) is 70.0 Å². The minimum Gasteiger partial charge on any atom is -0.381 e. The van der Waals surface area contributed by atoms with Gasteiger partial charge in [0, 0.05) is 51.0 Å². The van der Waals surface area contributed by atoms with E-state index < -0.39 is 0 Å². The van der Waals surface area contributed by atoms with Gasteiger partial charge in [0.05, 0.1) is 12.4 Å². The summed E-state index contributed by atoms with van der Waals surface area (Å²) < 4.78 is 7.81. The van der Waals surface area contributed by atoms with Crippen LogP contribution in [0.25, 0.3) is 11.4 Å². The van der Waals surface area contributed by atoms with Gasteiger partial charge >= 0.3 is 0 Å². The molecule has 8 nitrogen and oxygen atoms in total. The predicted octanol–water partition coefficient (Wildman–Crippen LogP) is 3.93. The highest BCUT2D eigenvalue weighted by Crippen LogP contribution is 2.28. The Kier molecular flexibility index (Phi) is 7.44. The van der Waals surface area contributed by atoms with E-state index >= 15 is 0 Å². The van der Waals surface area contributed by atoms with Crippen LogP contribution in [0.2, 0.25) is 0 Å². The molecule has 4 heterocycles. The second-order valence-corrected chi connectivity index (χ2v) is 10.2. The first-order chi connectivity index (χ1) is 15.9. The standard InChI is InChI=1S/C25H38N6O2/c1-5-31(30-11-7-6-8-12-30)23(32)21-16-26-15-20(27-21)22-18-29(24(28-22)25(2,3)4)17-19-9-13-33-14-10-19/h15-16,18-19H,5-14,17H2,1-4H3. The number of carbonyl (C=O) groups is 1. The molecule has 0 N–H and O–H groups in total. The molecule has 0 atom stereocenters. The molecule has 33 heavy (non-hydrogen) atoms. The van der Waals surface area contributed by atoms with Crippen molar-refractivity contribution in [1.82, 2.24) is 29.5 Å². The Morgan fingerprint density at radius 3 is 2.48 bits per heavy atom. The molecule has 8 heteroatoms. The van der Waals surface area contributed by atoms with Crippen molar-refractivity contribution in [2.45, 2.75) is 71.8 Å². The number of amides is 1. The average Bonchev–Trinajstić information content (AvgIpc) is 3.25. The zero-order valence-electron chi connectivity index (χ0n) is 20.6. The first kappa shape index (κ1) is 23.8. The van der Waals surface area contributed by atoms with Crippen molar-refractivity contribution in [3.05, 3.63) is 30.1 Å². The van der Waals surface area contributed by atoms with Crippen LogP contribution in [0.3, 0.4) is 0 Å². The van der Waals surface area contributed by atoms with Gasteiger partial charge in [-0.05, 0) is 38.5 Å². The molecule has 0 unspecified atom stereocenters. The van der Waals surface area contributed by atoms with Crippen molar-refractivity contribution in [3.63, 3.8) is 0 Å². The lowest BCUT2D eigenvalue weighted by Crippen LogP contribution is -2.49. The topological polar surface area (TPSA) is 76.4 Å². The largest absolute Gasteiger partial charge is 0.381 e. The second-order valence-electron chi connectivity index (χ2n) is 10.2. The van der Waals surface area contributed by atoms with Crippen LogP contribution in [0.5, 0.6) is 0 Å². The Balaban J connectivity index is 1.60. The summed E-state index contributed by atoms with van der Waals surface area (Å²) in [6, 6.07) is 0. The highest BCUT2D eigenvalue weighted by atomic mass is 16.5. The van der Waals surface area contributed by atoms with Crippen LogP contribution in [0, 0.1) is 5.92 Å². The Hall–Kier alpha value is -2.32. The number of hydrogen-bond acceptors (Lipinski definition) is 6. The van der Waals surface area contributed by atoms with E-state index in [2.05, 4.69) is 41.5 Å². The first-order valence-electron chi connectivity index (χ1n) is 12.4. The van der Waals surface area contributed by atoms with E-state index in [1.165, 1.54) is 6.42 Å². The summed E-state index contributed by atoms with van der Waals surface area (Å²) in [5.41, 5.74) is 1.69. The molecule has 2 fully saturated rings. The number of hydrazine groups is 1. The summed E-state index contributed by atoms with van der Waals surface area (Å²) in [5.74, 6) is 1.53. The summed E-state index contributed by atoms with van der Waals surface area (Å²) in [5, 5.41) is 3.97. The molecule has 2 aromatic rings. The lowest BCUT2D eigenvalue weighted by atomic mass is 9.94. The third-order valence-electron chi connectivity index (χ3n) is 6.57. The molecule has 2 aliphatic rings. The van der Waals surface area contributed by atoms with Crippen LogP contribution >= 0.6 is 0 Å². The monoisotopic (exact) mass is 454 g/mol. The molecule has 0 aliphatic carbocycles. The highest BCUT2D eigenvalue weighted by Gasteiger charge is 2.27. The van der Waals surface area contributed by atoms with E-state index in [1.807, 2.05) is 11.9 Å². The van der Waals surface area contributed by atoms with Crippen molar-refractivity contribution in [1.29, 1.82) is 0 Å². The summed E-state index contributed by atoms with van der Waals surface area (Å²) in [4.78, 5) is 27.3. The summed E-state index contributed by atoms with van der Waals surface area (Å²) in [6.07, 6.45) is 11.0. The Labute approximate surface area is 197 Å². The van der Waals surface area contributed by atoms with Crippen molar-refractivity contribution < 1.29 is 9.53 Å². The third-order valence-corrected chi connectivity index (χ3v) is 6.57. The quantitative estimate of drug-likeness (QED) is 0.658. The number of nitrogens with zero attached hydrogens (tertiary/aromatic N) is 6. The molecule has 0 spiro atoms. The molecule has 4 rings (SSSR count). The Morgan fingerprint density at radius 2 is 1.82 bits per heavy atom. The van der Waals surface area contributed by atoms with E-state index in [9.17, 15) is 4.79 Å². The molecule has 2 saturated heterocycles. The van der Waals surface area contributed by atoms with Crippen molar-refractivity contribution >= 4 is 5.91 Å². The van der Waals surface area contributed by atoms with Gasteiger partial charge in [0.1, 0.15) is 22.9 Å². The highest BCUT2D eigenvalue weighted by molar-refractivity contribution is 5.92. The maximum atomic E-state index is 13.3.